The topological polar surface area (TPSA) is 21.3 Å². The Hall–Kier alpha value is -0.670. The van der Waals surface area contributed by atoms with E-state index in [1.807, 2.05) is 11.8 Å². The number of methoxy groups -OCH3 is 1. The fraction of sp³-hybridized carbons (Fsp3) is 0.600. The maximum absolute atomic E-state index is 5.34. The van der Waals surface area contributed by atoms with Crippen molar-refractivity contribution in [2.45, 2.75) is 48.9 Å². The third-order valence-corrected chi connectivity index (χ3v) is 5.54. The second-order valence-corrected chi connectivity index (χ2v) is 6.92. The Kier molecular flexibility index (Phi) is 3.29. The number of benzene rings is 1. The van der Waals surface area contributed by atoms with Gasteiger partial charge in [-0.1, -0.05) is 19.9 Å². The third-order valence-electron chi connectivity index (χ3n) is 4.13. The molecule has 2 nitrogen and oxygen atoms in total. The first kappa shape index (κ1) is 12.4. The van der Waals surface area contributed by atoms with Gasteiger partial charge in [-0.15, -0.1) is 11.8 Å². The first-order chi connectivity index (χ1) is 8.69. The molecule has 1 saturated carbocycles. The molecule has 1 aliphatic heterocycles. The number of ether oxygens (including phenoxy) is 1. The molecule has 98 valence electrons. The van der Waals surface area contributed by atoms with E-state index >= 15 is 0 Å². The van der Waals surface area contributed by atoms with E-state index in [9.17, 15) is 0 Å². The summed E-state index contributed by atoms with van der Waals surface area (Å²) in [5.74, 6) is 1.64. The highest BCUT2D eigenvalue weighted by Gasteiger charge is 2.35. The van der Waals surface area contributed by atoms with Gasteiger partial charge in [-0.25, -0.2) is 0 Å². The predicted molar refractivity (Wildman–Crippen MR) is 76.4 cm³/mol. The fourth-order valence-electron chi connectivity index (χ4n) is 2.61. The number of hydrogen-bond acceptors (Lipinski definition) is 3. The van der Waals surface area contributed by atoms with Gasteiger partial charge in [0.1, 0.15) is 5.75 Å². The summed E-state index contributed by atoms with van der Waals surface area (Å²) in [6.07, 6.45) is 2.69. The molecule has 1 aliphatic carbocycles. The van der Waals surface area contributed by atoms with Gasteiger partial charge in [-0.3, -0.25) is 0 Å². The summed E-state index contributed by atoms with van der Waals surface area (Å²) in [5.41, 5.74) is 1.46. The van der Waals surface area contributed by atoms with E-state index < -0.39 is 0 Å². The zero-order chi connectivity index (χ0) is 12.7. The van der Waals surface area contributed by atoms with Crippen LogP contribution >= 0.6 is 11.8 Å². The minimum absolute atomic E-state index is 0.509. The van der Waals surface area contributed by atoms with Crippen LogP contribution in [0.15, 0.2) is 23.1 Å². The molecule has 3 atom stereocenters. The largest absolute Gasteiger partial charge is 0.497 e. The van der Waals surface area contributed by atoms with Gasteiger partial charge in [-0.05, 0) is 36.5 Å². The molecule has 3 heteroatoms. The first-order valence-corrected chi connectivity index (χ1v) is 7.67. The number of hydrogen-bond donors (Lipinski definition) is 1. The quantitative estimate of drug-likeness (QED) is 0.900. The maximum atomic E-state index is 5.34. The van der Waals surface area contributed by atoms with Crippen LogP contribution in [0.3, 0.4) is 0 Å². The second kappa shape index (κ2) is 4.78. The van der Waals surface area contributed by atoms with Crippen LogP contribution in [0.4, 0.5) is 0 Å². The van der Waals surface area contributed by atoms with E-state index in [1.54, 1.807) is 7.11 Å². The minimum atomic E-state index is 0.509. The minimum Gasteiger partial charge on any atom is -0.497 e. The van der Waals surface area contributed by atoms with Crippen molar-refractivity contribution in [2.24, 2.45) is 5.92 Å². The molecular weight excluding hydrogens is 242 g/mol. The van der Waals surface area contributed by atoms with E-state index in [1.165, 1.54) is 23.3 Å². The van der Waals surface area contributed by atoms with Crippen molar-refractivity contribution in [1.82, 2.24) is 5.32 Å². The summed E-state index contributed by atoms with van der Waals surface area (Å²) < 4.78 is 5.34. The Morgan fingerprint density at radius 2 is 2.06 bits per heavy atom. The molecule has 3 unspecified atom stereocenters. The summed E-state index contributed by atoms with van der Waals surface area (Å²) in [6, 6.07) is 7.77. The Morgan fingerprint density at radius 1 is 1.28 bits per heavy atom. The molecule has 1 N–H and O–H groups in total. The van der Waals surface area contributed by atoms with Crippen molar-refractivity contribution in [3.8, 4) is 5.75 Å². The smallest absolute Gasteiger partial charge is 0.119 e. The van der Waals surface area contributed by atoms with Crippen LogP contribution in [0.25, 0.3) is 0 Å². The Morgan fingerprint density at radius 3 is 2.72 bits per heavy atom. The maximum Gasteiger partial charge on any atom is 0.119 e. The molecule has 1 aromatic carbocycles. The summed E-state index contributed by atoms with van der Waals surface area (Å²) >= 11 is 1.98. The third kappa shape index (κ3) is 2.26. The molecule has 0 saturated heterocycles. The summed E-state index contributed by atoms with van der Waals surface area (Å²) in [4.78, 5) is 1.39. The van der Waals surface area contributed by atoms with Crippen molar-refractivity contribution < 1.29 is 4.74 Å². The van der Waals surface area contributed by atoms with E-state index in [0.29, 0.717) is 17.2 Å². The van der Waals surface area contributed by atoms with Crippen molar-refractivity contribution >= 4 is 11.8 Å². The van der Waals surface area contributed by atoms with Crippen molar-refractivity contribution in [3.63, 3.8) is 0 Å². The van der Waals surface area contributed by atoms with Crippen LogP contribution in [0, 0.1) is 5.92 Å². The Bertz CT molecular complexity index is 444. The zero-order valence-electron chi connectivity index (χ0n) is 11.3. The normalized spacial score (nSPS) is 30.9. The lowest BCUT2D eigenvalue weighted by Gasteiger charge is -2.36. The van der Waals surface area contributed by atoms with Crippen LogP contribution in [0.1, 0.15) is 38.3 Å². The van der Waals surface area contributed by atoms with E-state index in [0.717, 1.165) is 11.8 Å². The first-order valence-electron chi connectivity index (χ1n) is 6.79. The summed E-state index contributed by atoms with van der Waals surface area (Å²) in [7, 11) is 1.74. The van der Waals surface area contributed by atoms with Crippen LogP contribution in [0.2, 0.25) is 0 Å². The molecule has 1 fully saturated rings. The number of nitrogens with one attached hydrogen (secondary N) is 1. The molecule has 0 amide bonds. The van der Waals surface area contributed by atoms with Crippen molar-refractivity contribution in [3.05, 3.63) is 23.8 Å². The SMILES string of the molecule is COc1ccc2c(c1)SC(C)C(C)C2NC1CC1. The Labute approximate surface area is 113 Å². The lowest BCUT2D eigenvalue weighted by molar-refractivity contribution is 0.367. The average molecular weight is 263 g/mol. The number of thioether (sulfide) groups is 1. The highest BCUT2D eigenvalue weighted by atomic mass is 32.2. The summed E-state index contributed by atoms with van der Waals surface area (Å²) in [6.45, 7) is 4.70. The second-order valence-electron chi connectivity index (χ2n) is 5.50. The van der Waals surface area contributed by atoms with Gasteiger partial charge >= 0.3 is 0 Å². The van der Waals surface area contributed by atoms with Crippen LogP contribution in [-0.2, 0) is 0 Å². The van der Waals surface area contributed by atoms with Crippen LogP contribution in [0.5, 0.6) is 5.75 Å². The predicted octanol–water partition coefficient (Wildman–Crippen LogP) is 3.62. The Balaban J connectivity index is 1.93. The highest BCUT2D eigenvalue weighted by Crippen LogP contribution is 2.46. The average Bonchev–Trinajstić information content (AvgIpc) is 3.18. The molecule has 3 rings (SSSR count). The van der Waals surface area contributed by atoms with E-state index in [2.05, 4.69) is 37.4 Å². The van der Waals surface area contributed by atoms with Crippen LogP contribution < -0.4 is 10.1 Å². The molecule has 0 aromatic heterocycles. The molecule has 1 aromatic rings. The zero-order valence-corrected chi connectivity index (χ0v) is 12.1. The molecule has 0 spiro atoms. The molecule has 18 heavy (non-hydrogen) atoms. The van der Waals surface area contributed by atoms with Gasteiger partial charge in [0.15, 0.2) is 0 Å². The van der Waals surface area contributed by atoms with E-state index in [-0.39, 0.29) is 0 Å². The standard InChI is InChI=1S/C15H21NOS/c1-9-10(2)18-14-8-12(17-3)6-7-13(14)15(9)16-11-4-5-11/h6-11,15-16H,4-5H2,1-3H3. The van der Waals surface area contributed by atoms with Gasteiger partial charge in [0, 0.05) is 22.2 Å². The van der Waals surface area contributed by atoms with Gasteiger partial charge in [0.05, 0.1) is 7.11 Å². The van der Waals surface area contributed by atoms with Gasteiger partial charge in [0.2, 0.25) is 0 Å². The van der Waals surface area contributed by atoms with Gasteiger partial charge in [0.25, 0.3) is 0 Å². The lowest BCUT2D eigenvalue weighted by Crippen LogP contribution is -2.35. The highest BCUT2D eigenvalue weighted by molar-refractivity contribution is 8.00. The molecule has 2 aliphatic rings. The summed E-state index contributed by atoms with van der Waals surface area (Å²) in [5, 5.41) is 4.47. The molecular formula is C15H21NOS. The lowest BCUT2D eigenvalue weighted by atomic mass is 9.91. The number of rotatable bonds is 3. The number of fused-ring (bicyclic) bond motifs is 1. The molecule has 1 heterocycles. The van der Waals surface area contributed by atoms with Crippen molar-refractivity contribution in [2.75, 3.05) is 7.11 Å². The van der Waals surface area contributed by atoms with Gasteiger partial charge < -0.3 is 10.1 Å². The van der Waals surface area contributed by atoms with Crippen molar-refractivity contribution in [1.29, 1.82) is 0 Å². The van der Waals surface area contributed by atoms with Crippen LogP contribution in [-0.4, -0.2) is 18.4 Å². The fourth-order valence-corrected chi connectivity index (χ4v) is 3.90. The monoisotopic (exact) mass is 263 g/mol. The van der Waals surface area contributed by atoms with Gasteiger partial charge in [-0.2, -0.15) is 0 Å². The molecule has 0 radical (unpaired) electrons. The molecule has 0 bridgehead atoms. The van der Waals surface area contributed by atoms with E-state index in [4.69, 9.17) is 4.74 Å².